The van der Waals surface area contributed by atoms with Gasteiger partial charge in [0, 0.05) is 44.3 Å². The highest BCUT2D eigenvalue weighted by atomic mass is 16.2. The average molecular weight is 340 g/mol. The number of rotatable bonds is 5. The van der Waals surface area contributed by atoms with Crippen LogP contribution in [-0.4, -0.2) is 53.5 Å². The number of piperidine rings is 1. The number of pyridine rings is 1. The number of amides is 2. The summed E-state index contributed by atoms with van der Waals surface area (Å²) < 4.78 is 0. The summed E-state index contributed by atoms with van der Waals surface area (Å²) in [6, 6.07) is 10.7. The number of carbonyl (C=O) groups excluding carboxylic acids is 1. The summed E-state index contributed by atoms with van der Waals surface area (Å²) in [7, 11) is 1.84. The Balaban J connectivity index is 1.48. The summed E-state index contributed by atoms with van der Waals surface area (Å²) in [6.07, 6.45) is 5.67. The van der Waals surface area contributed by atoms with Crippen molar-refractivity contribution in [3.8, 4) is 0 Å². The number of nitrogens with one attached hydrogen (secondary N) is 1. The predicted molar refractivity (Wildman–Crippen MR) is 101 cm³/mol. The molecule has 1 aromatic carbocycles. The van der Waals surface area contributed by atoms with Crippen molar-refractivity contribution in [2.75, 3.05) is 26.7 Å². The molecule has 2 heterocycles. The summed E-state index contributed by atoms with van der Waals surface area (Å²) in [5.41, 5.74) is 2.09. The molecule has 0 bridgehead atoms. The maximum Gasteiger partial charge on any atom is 0.317 e. The van der Waals surface area contributed by atoms with Crippen molar-refractivity contribution in [1.29, 1.82) is 0 Å². The number of carbonyl (C=O) groups is 1. The Morgan fingerprint density at radius 3 is 3.08 bits per heavy atom. The van der Waals surface area contributed by atoms with Crippen molar-refractivity contribution in [3.05, 3.63) is 42.1 Å². The third-order valence-electron chi connectivity index (χ3n) is 5.05. The highest BCUT2D eigenvalue weighted by Gasteiger charge is 2.18. The van der Waals surface area contributed by atoms with Gasteiger partial charge in [-0.3, -0.25) is 9.88 Å². The van der Waals surface area contributed by atoms with E-state index in [1.807, 2.05) is 31.3 Å². The molecule has 5 heteroatoms. The highest BCUT2D eigenvalue weighted by Crippen LogP contribution is 2.16. The van der Waals surface area contributed by atoms with Crippen LogP contribution in [0.15, 0.2) is 36.5 Å². The Bertz CT molecular complexity index is 718. The van der Waals surface area contributed by atoms with Crippen LogP contribution in [-0.2, 0) is 6.54 Å². The number of hydrogen-bond donors (Lipinski definition) is 1. The molecule has 2 amide bonds. The van der Waals surface area contributed by atoms with Crippen LogP contribution in [0.1, 0.15) is 31.7 Å². The molecule has 1 aliphatic rings. The van der Waals surface area contributed by atoms with E-state index in [1.165, 1.54) is 19.3 Å². The van der Waals surface area contributed by atoms with Gasteiger partial charge in [0.05, 0.1) is 5.52 Å². The minimum Gasteiger partial charge on any atom is -0.337 e. The Morgan fingerprint density at radius 2 is 2.24 bits per heavy atom. The van der Waals surface area contributed by atoms with E-state index in [0.717, 1.165) is 29.6 Å². The van der Waals surface area contributed by atoms with Crippen molar-refractivity contribution in [2.45, 2.75) is 38.8 Å². The molecule has 1 N–H and O–H groups in total. The van der Waals surface area contributed by atoms with Crippen molar-refractivity contribution in [3.63, 3.8) is 0 Å². The zero-order chi connectivity index (χ0) is 17.6. The average Bonchev–Trinajstić information content (AvgIpc) is 2.63. The molecule has 0 saturated carbocycles. The molecular weight excluding hydrogens is 312 g/mol. The summed E-state index contributed by atoms with van der Waals surface area (Å²) >= 11 is 0. The third kappa shape index (κ3) is 4.69. The number of urea groups is 1. The number of fused-ring (bicyclic) bond motifs is 1. The first-order chi connectivity index (χ1) is 12.1. The van der Waals surface area contributed by atoms with E-state index >= 15 is 0 Å². The maximum atomic E-state index is 12.3. The second kappa shape index (κ2) is 8.30. The van der Waals surface area contributed by atoms with Crippen LogP contribution in [0, 0.1) is 0 Å². The number of likely N-dealkylation sites (tertiary alicyclic amines) is 1. The van der Waals surface area contributed by atoms with E-state index in [0.29, 0.717) is 19.1 Å². The molecule has 0 aliphatic carbocycles. The molecule has 0 spiro atoms. The summed E-state index contributed by atoms with van der Waals surface area (Å²) in [5.74, 6) is 0. The van der Waals surface area contributed by atoms with Gasteiger partial charge in [0.1, 0.15) is 0 Å². The zero-order valence-electron chi connectivity index (χ0n) is 15.2. The van der Waals surface area contributed by atoms with Gasteiger partial charge in [-0.2, -0.15) is 0 Å². The molecule has 1 saturated heterocycles. The second-order valence-corrected chi connectivity index (χ2v) is 7.00. The van der Waals surface area contributed by atoms with Crippen molar-refractivity contribution in [2.24, 2.45) is 0 Å². The molecule has 3 rings (SSSR count). The number of aromatic nitrogens is 1. The van der Waals surface area contributed by atoms with E-state index < -0.39 is 0 Å². The lowest BCUT2D eigenvalue weighted by molar-refractivity contribution is 0.159. The Labute approximate surface area is 150 Å². The fourth-order valence-corrected chi connectivity index (χ4v) is 3.50. The van der Waals surface area contributed by atoms with E-state index in [-0.39, 0.29) is 6.03 Å². The van der Waals surface area contributed by atoms with Crippen molar-refractivity contribution in [1.82, 2.24) is 20.1 Å². The first-order valence-corrected chi connectivity index (χ1v) is 9.20. The molecule has 1 fully saturated rings. The summed E-state index contributed by atoms with van der Waals surface area (Å²) in [4.78, 5) is 20.9. The number of hydrogen-bond acceptors (Lipinski definition) is 3. The number of benzene rings is 1. The molecule has 2 aromatic rings. The molecule has 1 aliphatic heterocycles. The van der Waals surface area contributed by atoms with Crippen molar-refractivity contribution < 1.29 is 4.79 Å². The Hall–Kier alpha value is -2.14. The Kier molecular flexibility index (Phi) is 5.87. The van der Waals surface area contributed by atoms with E-state index in [2.05, 4.69) is 28.2 Å². The maximum absolute atomic E-state index is 12.3. The quantitative estimate of drug-likeness (QED) is 0.909. The molecule has 25 heavy (non-hydrogen) atoms. The predicted octanol–water partition coefficient (Wildman–Crippen LogP) is 3.25. The minimum atomic E-state index is -0.0176. The van der Waals surface area contributed by atoms with E-state index in [1.54, 1.807) is 11.1 Å². The van der Waals surface area contributed by atoms with Crippen LogP contribution < -0.4 is 5.32 Å². The SMILES string of the molecule is CC1CCCCN1CCNC(=O)N(C)Cc1ccc2ncccc2c1. The largest absolute Gasteiger partial charge is 0.337 e. The molecule has 5 nitrogen and oxygen atoms in total. The van der Waals surface area contributed by atoms with Gasteiger partial charge in [-0.05, 0) is 50.1 Å². The molecule has 1 unspecified atom stereocenters. The molecule has 134 valence electrons. The fourth-order valence-electron chi connectivity index (χ4n) is 3.50. The van der Waals surface area contributed by atoms with Gasteiger partial charge < -0.3 is 10.2 Å². The lowest BCUT2D eigenvalue weighted by atomic mass is 10.0. The monoisotopic (exact) mass is 340 g/mol. The van der Waals surface area contributed by atoms with Gasteiger partial charge in [0.2, 0.25) is 0 Å². The molecule has 1 atom stereocenters. The van der Waals surface area contributed by atoms with Gasteiger partial charge >= 0.3 is 6.03 Å². The van der Waals surface area contributed by atoms with Crippen LogP contribution in [0.25, 0.3) is 10.9 Å². The lowest BCUT2D eigenvalue weighted by Gasteiger charge is -2.33. The lowest BCUT2D eigenvalue weighted by Crippen LogP contribution is -2.44. The standard InChI is InChI=1S/C20H28N4O/c1-16-6-3-4-12-24(16)13-11-22-20(25)23(2)15-17-8-9-19-18(14-17)7-5-10-21-19/h5,7-10,14,16H,3-4,6,11-13,15H2,1-2H3,(H,22,25). The van der Waals surface area contributed by atoms with Gasteiger partial charge in [-0.25, -0.2) is 4.79 Å². The molecule has 0 radical (unpaired) electrons. The highest BCUT2D eigenvalue weighted by molar-refractivity contribution is 5.79. The van der Waals surface area contributed by atoms with Crippen LogP contribution in [0.4, 0.5) is 4.79 Å². The second-order valence-electron chi connectivity index (χ2n) is 7.00. The Morgan fingerprint density at radius 1 is 1.36 bits per heavy atom. The van der Waals surface area contributed by atoms with Gasteiger partial charge in [0.25, 0.3) is 0 Å². The topological polar surface area (TPSA) is 48.5 Å². The summed E-state index contributed by atoms with van der Waals surface area (Å²) in [5, 5.41) is 4.15. The van der Waals surface area contributed by atoms with Crippen molar-refractivity contribution >= 4 is 16.9 Å². The number of nitrogens with zero attached hydrogens (tertiary/aromatic N) is 3. The first-order valence-electron chi connectivity index (χ1n) is 9.20. The normalized spacial score (nSPS) is 18.2. The van der Waals surface area contributed by atoms with Crippen LogP contribution in [0.5, 0.6) is 0 Å². The minimum absolute atomic E-state index is 0.0176. The third-order valence-corrected chi connectivity index (χ3v) is 5.05. The van der Waals surface area contributed by atoms with Gasteiger partial charge in [-0.1, -0.05) is 18.6 Å². The summed E-state index contributed by atoms with van der Waals surface area (Å²) in [6.45, 7) is 5.66. The zero-order valence-corrected chi connectivity index (χ0v) is 15.2. The van der Waals surface area contributed by atoms with Gasteiger partial charge in [-0.15, -0.1) is 0 Å². The van der Waals surface area contributed by atoms with Crippen LogP contribution >= 0.6 is 0 Å². The van der Waals surface area contributed by atoms with E-state index in [4.69, 9.17) is 0 Å². The first kappa shape index (κ1) is 17.7. The fraction of sp³-hybridized carbons (Fsp3) is 0.500. The van der Waals surface area contributed by atoms with Crippen LogP contribution in [0.2, 0.25) is 0 Å². The molecule has 1 aromatic heterocycles. The van der Waals surface area contributed by atoms with Crippen LogP contribution in [0.3, 0.4) is 0 Å². The van der Waals surface area contributed by atoms with E-state index in [9.17, 15) is 4.79 Å². The molecular formula is C20H28N4O. The van der Waals surface area contributed by atoms with Gasteiger partial charge in [0.15, 0.2) is 0 Å². The smallest absolute Gasteiger partial charge is 0.317 e.